The Morgan fingerprint density at radius 3 is 2.83 bits per heavy atom. The monoisotopic (exact) mass is 266 g/mol. The van der Waals surface area contributed by atoms with Gasteiger partial charge in [0.2, 0.25) is 0 Å². The Morgan fingerprint density at radius 1 is 1.44 bits per heavy atom. The molecule has 2 unspecified atom stereocenters. The van der Waals surface area contributed by atoms with Gasteiger partial charge in [-0.1, -0.05) is 23.8 Å². The fourth-order valence-electron chi connectivity index (χ4n) is 1.79. The number of rotatable bonds is 3. The van der Waals surface area contributed by atoms with Crippen molar-refractivity contribution in [3.63, 3.8) is 0 Å². The quantitative estimate of drug-likeness (QED) is 0.642. The summed E-state index contributed by atoms with van der Waals surface area (Å²) in [4.78, 5) is 26.5. The summed E-state index contributed by atoms with van der Waals surface area (Å²) in [6.45, 7) is 0. The molecule has 0 fully saturated rings. The number of hydrogen-bond acceptors (Lipinski definition) is 3. The molecule has 0 saturated heterocycles. The first-order valence-electron chi connectivity index (χ1n) is 5.40. The van der Waals surface area contributed by atoms with Gasteiger partial charge in [-0.2, -0.15) is 0 Å². The fourth-order valence-corrected chi connectivity index (χ4v) is 2.00. The molecule has 0 aliphatic heterocycles. The van der Waals surface area contributed by atoms with Crippen molar-refractivity contribution < 1.29 is 14.7 Å². The molecule has 5 nitrogen and oxygen atoms in total. The molecule has 0 saturated carbocycles. The van der Waals surface area contributed by atoms with E-state index < -0.39 is 11.9 Å². The SMILES string of the molecule is O=C(NC1C=CC(C(=O)O)C1)c1cccnc1Cl. The van der Waals surface area contributed by atoms with E-state index in [-0.39, 0.29) is 22.7 Å². The highest BCUT2D eigenvalue weighted by Gasteiger charge is 2.26. The number of carbonyl (C=O) groups excluding carboxylic acids is 1. The summed E-state index contributed by atoms with van der Waals surface area (Å²) in [7, 11) is 0. The zero-order chi connectivity index (χ0) is 13.1. The highest BCUT2D eigenvalue weighted by molar-refractivity contribution is 6.32. The lowest BCUT2D eigenvalue weighted by molar-refractivity contribution is -0.140. The van der Waals surface area contributed by atoms with Crippen molar-refractivity contribution in [1.82, 2.24) is 10.3 Å². The lowest BCUT2D eigenvalue weighted by Crippen LogP contribution is -2.33. The Bertz CT molecular complexity index is 516. The van der Waals surface area contributed by atoms with Crippen LogP contribution < -0.4 is 5.32 Å². The Labute approximate surface area is 108 Å². The number of nitrogens with one attached hydrogen (secondary N) is 1. The highest BCUT2D eigenvalue weighted by Crippen LogP contribution is 2.19. The van der Waals surface area contributed by atoms with Gasteiger partial charge in [-0.25, -0.2) is 4.98 Å². The van der Waals surface area contributed by atoms with E-state index in [2.05, 4.69) is 10.3 Å². The molecule has 1 aromatic rings. The first kappa shape index (κ1) is 12.6. The number of halogens is 1. The summed E-state index contributed by atoms with van der Waals surface area (Å²) in [5.74, 6) is -1.78. The van der Waals surface area contributed by atoms with Crippen LogP contribution in [0, 0.1) is 5.92 Å². The average molecular weight is 267 g/mol. The van der Waals surface area contributed by atoms with Gasteiger partial charge in [0.15, 0.2) is 0 Å². The number of aromatic nitrogens is 1. The van der Waals surface area contributed by atoms with Gasteiger partial charge in [0.1, 0.15) is 5.15 Å². The van der Waals surface area contributed by atoms with Crippen LogP contribution in [0.2, 0.25) is 5.15 Å². The molecule has 0 aromatic carbocycles. The number of carboxylic acid groups (broad SMARTS) is 1. The van der Waals surface area contributed by atoms with Gasteiger partial charge in [0.05, 0.1) is 11.5 Å². The Hall–Kier alpha value is -1.88. The van der Waals surface area contributed by atoms with Crippen molar-refractivity contribution in [1.29, 1.82) is 0 Å². The van der Waals surface area contributed by atoms with Crippen molar-refractivity contribution >= 4 is 23.5 Å². The molecule has 1 aliphatic carbocycles. The minimum absolute atomic E-state index is 0.131. The van der Waals surface area contributed by atoms with Crippen LogP contribution in [0.3, 0.4) is 0 Å². The van der Waals surface area contributed by atoms with E-state index in [4.69, 9.17) is 16.7 Å². The molecule has 94 valence electrons. The van der Waals surface area contributed by atoms with E-state index in [1.807, 2.05) is 0 Å². The molecule has 2 rings (SSSR count). The molecular weight excluding hydrogens is 256 g/mol. The Morgan fingerprint density at radius 2 is 2.22 bits per heavy atom. The van der Waals surface area contributed by atoms with Gasteiger partial charge < -0.3 is 10.4 Å². The van der Waals surface area contributed by atoms with Crippen LogP contribution in [0.25, 0.3) is 0 Å². The molecule has 1 heterocycles. The third-order valence-electron chi connectivity index (χ3n) is 2.72. The zero-order valence-electron chi connectivity index (χ0n) is 9.34. The Balaban J connectivity index is 2.00. The smallest absolute Gasteiger partial charge is 0.310 e. The molecule has 1 aliphatic rings. The van der Waals surface area contributed by atoms with Crippen molar-refractivity contribution in [2.75, 3.05) is 0 Å². The number of carbonyl (C=O) groups is 2. The minimum atomic E-state index is -0.887. The van der Waals surface area contributed by atoms with Crippen LogP contribution in [0.15, 0.2) is 30.5 Å². The normalized spacial score (nSPS) is 21.8. The molecule has 0 radical (unpaired) electrons. The van der Waals surface area contributed by atoms with E-state index in [0.717, 1.165) is 0 Å². The summed E-state index contributed by atoms with van der Waals surface area (Å²) < 4.78 is 0. The standard InChI is InChI=1S/C12H11ClN2O3/c13-10-9(2-1-5-14-10)11(16)15-8-4-3-7(6-8)12(17)18/h1-5,7-8H,6H2,(H,15,16)(H,17,18). The van der Waals surface area contributed by atoms with Gasteiger partial charge in [0, 0.05) is 12.2 Å². The number of aliphatic carboxylic acids is 1. The molecule has 0 spiro atoms. The maximum atomic E-state index is 11.9. The first-order valence-corrected chi connectivity index (χ1v) is 5.78. The number of carboxylic acids is 1. The summed E-state index contributed by atoms with van der Waals surface area (Å²) in [5.41, 5.74) is 0.284. The van der Waals surface area contributed by atoms with Gasteiger partial charge in [-0.3, -0.25) is 9.59 Å². The third kappa shape index (κ3) is 2.68. The van der Waals surface area contributed by atoms with Crippen molar-refractivity contribution in [3.8, 4) is 0 Å². The van der Waals surface area contributed by atoms with Crippen LogP contribution in [0.5, 0.6) is 0 Å². The minimum Gasteiger partial charge on any atom is -0.481 e. The van der Waals surface area contributed by atoms with Crippen molar-refractivity contribution in [2.24, 2.45) is 5.92 Å². The first-order chi connectivity index (χ1) is 8.58. The third-order valence-corrected chi connectivity index (χ3v) is 3.02. The molecule has 6 heteroatoms. The molecule has 1 amide bonds. The van der Waals surface area contributed by atoms with Crippen LogP contribution in [0.1, 0.15) is 16.8 Å². The van der Waals surface area contributed by atoms with Gasteiger partial charge >= 0.3 is 5.97 Å². The molecular formula is C12H11ClN2O3. The maximum absolute atomic E-state index is 11.9. The highest BCUT2D eigenvalue weighted by atomic mass is 35.5. The summed E-state index contributed by atoms with van der Waals surface area (Å²) in [6, 6.07) is 2.90. The zero-order valence-corrected chi connectivity index (χ0v) is 10.1. The second-order valence-electron chi connectivity index (χ2n) is 3.99. The topological polar surface area (TPSA) is 79.3 Å². The largest absolute Gasteiger partial charge is 0.481 e. The number of amides is 1. The van der Waals surface area contributed by atoms with Gasteiger partial charge in [-0.15, -0.1) is 0 Å². The molecule has 18 heavy (non-hydrogen) atoms. The second kappa shape index (κ2) is 5.18. The summed E-state index contributed by atoms with van der Waals surface area (Å²) in [6.07, 6.45) is 5.12. The van der Waals surface area contributed by atoms with Gasteiger partial charge in [-0.05, 0) is 18.6 Å². The molecule has 2 N–H and O–H groups in total. The second-order valence-corrected chi connectivity index (χ2v) is 4.35. The lowest BCUT2D eigenvalue weighted by atomic mass is 10.1. The number of pyridine rings is 1. The van der Waals surface area contributed by atoms with Crippen LogP contribution in [-0.4, -0.2) is 28.0 Å². The average Bonchev–Trinajstić information content (AvgIpc) is 2.78. The molecule has 1 aromatic heterocycles. The predicted molar refractivity (Wildman–Crippen MR) is 65.4 cm³/mol. The van der Waals surface area contributed by atoms with Crippen LogP contribution in [-0.2, 0) is 4.79 Å². The maximum Gasteiger partial charge on any atom is 0.310 e. The number of nitrogens with zero attached hydrogens (tertiary/aromatic N) is 1. The fraction of sp³-hybridized carbons (Fsp3) is 0.250. The van der Waals surface area contributed by atoms with Crippen LogP contribution in [0.4, 0.5) is 0 Å². The van der Waals surface area contributed by atoms with Crippen molar-refractivity contribution in [2.45, 2.75) is 12.5 Å². The Kier molecular flexibility index (Phi) is 3.62. The predicted octanol–water partition coefficient (Wildman–Crippen LogP) is 1.49. The summed E-state index contributed by atoms with van der Waals surface area (Å²) in [5, 5.41) is 11.7. The van der Waals surface area contributed by atoms with Crippen molar-refractivity contribution in [3.05, 3.63) is 41.2 Å². The van der Waals surface area contributed by atoms with E-state index in [1.165, 1.54) is 6.20 Å². The van der Waals surface area contributed by atoms with Crippen LogP contribution >= 0.6 is 11.6 Å². The lowest BCUT2D eigenvalue weighted by Gasteiger charge is -2.12. The van der Waals surface area contributed by atoms with E-state index in [9.17, 15) is 9.59 Å². The van der Waals surface area contributed by atoms with E-state index in [1.54, 1.807) is 24.3 Å². The summed E-state index contributed by atoms with van der Waals surface area (Å²) >= 11 is 5.80. The number of hydrogen-bond donors (Lipinski definition) is 2. The van der Waals surface area contributed by atoms with Gasteiger partial charge in [0.25, 0.3) is 5.91 Å². The van der Waals surface area contributed by atoms with E-state index >= 15 is 0 Å². The molecule has 0 bridgehead atoms. The molecule has 2 atom stereocenters. The van der Waals surface area contributed by atoms with E-state index in [0.29, 0.717) is 6.42 Å².